The van der Waals surface area contributed by atoms with Crippen molar-refractivity contribution in [3.8, 4) is 11.5 Å². The summed E-state index contributed by atoms with van der Waals surface area (Å²) in [6.07, 6.45) is 1.97. The zero-order chi connectivity index (χ0) is 20.7. The zero-order valence-corrected chi connectivity index (χ0v) is 13.8. The minimum absolute atomic E-state index is 0.000446. The molecule has 28 heavy (non-hydrogen) atoms. The van der Waals surface area contributed by atoms with Gasteiger partial charge in [-0.3, -0.25) is 20.2 Å². The van der Waals surface area contributed by atoms with Crippen LogP contribution in [0.5, 0.6) is 11.5 Å². The minimum Gasteiger partial charge on any atom is -0.507 e. The van der Waals surface area contributed by atoms with Gasteiger partial charge in [0.2, 0.25) is 0 Å². The van der Waals surface area contributed by atoms with Gasteiger partial charge in [-0.1, -0.05) is 0 Å². The van der Waals surface area contributed by atoms with Crippen LogP contribution in [-0.2, 0) is 0 Å². The number of amides is 2. The second-order valence-electron chi connectivity index (χ2n) is 5.07. The fourth-order valence-electron chi connectivity index (χ4n) is 1.86. The first-order valence-corrected chi connectivity index (χ1v) is 7.35. The lowest BCUT2D eigenvalue weighted by molar-refractivity contribution is -0.385. The first kappa shape index (κ1) is 19.8. The van der Waals surface area contributed by atoms with E-state index in [2.05, 4.69) is 10.2 Å². The molecule has 2 aromatic rings. The van der Waals surface area contributed by atoms with E-state index < -0.39 is 15.9 Å². The predicted octanol–water partition coefficient (Wildman–Crippen LogP) is 1.58. The zero-order valence-electron chi connectivity index (χ0n) is 13.8. The molecule has 144 valence electrons. The van der Waals surface area contributed by atoms with Crippen molar-refractivity contribution in [2.45, 2.75) is 0 Å². The van der Waals surface area contributed by atoms with Gasteiger partial charge in [-0.05, 0) is 12.1 Å². The van der Waals surface area contributed by atoms with Gasteiger partial charge < -0.3 is 10.2 Å². The number of benzene rings is 2. The molecule has 0 heterocycles. The topological polar surface area (TPSA) is 193 Å². The molecule has 2 rings (SSSR count). The van der Waals surface area contributed by atoms with E-state index in [1.54, 1.807) is 0 Å². The summed E-state index contributed by atoms with van der Waals surface area (Å²) in [5.74, 6) is -0.563. The summed E-state index contributed by atoms with van der Waals surface area (Å²) in [7, 11) is 0. The lowest BCUT2D eigenvalue weighted by Crippen LogP contribution is -2.28. The van der Waals surface area contributed by atoms with Gasteiger partial charge in [0.05, 0.1) is 22.3 Å². The Bertz CT molecular complexity index is 911. The number of hydrazone groups is 2. The van der Waals surface area contributed by atoms with Crippen molar-refractivity contribution in [2.75, 3.05) is 0 Å². The van der Waals surface area contributed by atoms with Crippen LogP contribution in [0.25, 0.3) is 0 Å². The van der Waals surface area contributed by atoms with Crippen LogP contribution in [-0.4, -0.2) is 38.5 Å². The monoisotopic (exact) mass is 388 g/mol. The summed E-state index contributed by atoms with van der Waals surface area (Å²) >= 11 is 0. The average molecular weight is 388 g/mol. The lowest BCUT2D eigenvalue weighted by Gasteiger charge is -2.01. The highest BCUT2D eigenvalue weighted by atomic mass is 16.6. The second kappa shape index (κ2) is 8.70. The first-order valence-electron chi connectivity index (χ1n) is 7.35. The van der Waals surface area contributed by atoms with Crippen LogP contribution in [0.2, 0.25) is 0 Å². The van der Waals surface area contributed by atoms with Crippen LogP contribution in [0.15, 0.2) is 46.6 Å². The van der Waals surface area contributed by atoms with Gasteiger partial charge in [0.15, 0.2) is 0 Å². The maximum Gasteiger partial charge on any atom is 0.355 e. The number of rotatable bonds is 6. The standard InChI is InChI=1S/C15H12N6O7/c22-13-3-1-11(20(25)26)5-9(13)7-16-18-15(24)19-17-8-10-6-12(21(27)28)2-4-14(10)23/h1-8,22-23H,(H2,18,19,24)/b16-7+,17-8?. The molecule has 0 saturated carbocycles. The summed E-state index contributed by atoms with van der Waals surface area (Å²) in [5.41, 5.74) is 3.44. The number of hydrogen-bond donors (Lipinski definition) is 4. The molecular formula is C15H12N6O7. The number of nitrogens with one attached hydrogen (secondary N) is 2. The molecule has 13 heteroatoms. The highest BCUT2D eigenvalue weighted by Gasteiger charge is 2.10. The largest absolute Gasteiger partial charge is 0.507 e. The fraction of sp³-hybridized carbons (Fsp3) is 0. The number of non-ortho nitro benzene ring substituents is 2. The Morgan fingerprint density at radius 1 is 0.857 bits per heavy atom. The van der Waals surface area contributed by atoms with Gasteiger partial charge in [-0.15, -0.1) is 0 Å². The van der Waals surface area contributed by atoms with Gasteiger partial charge in [0.25, 0.3) is 11.4 Å². The molecule has 0 saturated heterocycles. The number of phenolic OH excluding ortho intramolecular Hbond substituents is 2. The molecular weight excluding hydrogens is 376 g/mol. The number of phenols is 2. The van der Waals surface area contributed by atoms with Crippen molar-refractivity contribution < 1.29 is 24.9 Å². The SMILES string of the molecule is O=C(NN=Cc1cc([N+](=O)[O-])ccc1O)N/N=C/c1cc([N+](=O)[O-])ccc1O. The van der Waals surface area contributed by atoms with Crippen molar-refractivity contribution in [2.24, 2.45) is 10.2 Å². The molecule has 4 N–H and O–H groups in total. The number of nitro groups is 2. The Balaban J connectivity index is 1.96. The van der Waals surface area contributed by atoms with E-state index in [-0.39, 0.29) is 34.0 Å². The summed E-state index contributed by atoms with van der Waals surface area (Å²) in [6.45, 7) is 0. The Hall–Kier alpha value is -4.55. The highest BCUT2D eigenvalue weighted by Crippen LogP contribution is 2.22. The molecule has 0 aromatic heterocycles. The molecule has 2 amide bonds. The Kier molecular flexibility index (Phi) is 6.15. The van der Waals surface area contributed by atoms with Gasteiger partial charge in [0.1, 0.15) is 11.5 Å². The van der Waals surface area contributed by atoms with Crippen molar-refractivity contribution in [1.82, 2.24) is 10.9 Å². The molecule has 0 radical (unpaired) electrons. The molecule has 13 nitrogen and oxygen atoms in total. The molecule has 0 atom stereocenters. The van der Waals surface area contributed by atoms with Crippen molar-refractivity contribution >= 4 is 29.8 Å². The first-order chi connectivity index (χ1) is 13.3. The van der Waals surface area contributed by atoms with Crippen LogP contribution < -0.4 is 10.9 Å². The molecule has 2 aromatic carbocycles. The van der Waals surface area contributed by atoms with E-state index in [1.165, 1.54) is 0 Å². The smallest absolute Gasteiger partial charge is 0.355 e. The molecule has 0 bridgehead atoms. The normalized spacial score (nSPS) is 10.9. The van der Waals surface area contributed by atoms with E-state index in [0.29, 0.717) is 0 Å². The number of carbonyl (C=O) groups is 1. The molecule has 0 aliphatic heterocycles. The fourth-order valence-corrected chi connectivity index (χ4v) is 1.86. The van der Waals surface area contributed by atoms with Crippen LogP contribution in [0, 0.1) is 20.2 Å². The Labute approximate surface area is 155 Å². The third kappa shape index (κ3) is 5.22. The quantitative estimate of drug-likeness (QED) is 0.327. The van der Waals surface area contributed by atoms with Crippen LogP contribution >= 0.6 is 0 Å². The number of hydrogen-bond acceptors (Lipinski definition) is 9. The maximum absolute atomic E-state index is 11.6. The van der Waals surface area contributed by atoms with Gasteiger partial charge in [0, 0.05) is 35.4 Å². The van der Waals surface area contributed by atoms with Crippen LogP contribution in [0.3, 0.4) is 0 Å². The number of aromatic hydroxyl groups is 2. The maximum atomic E-state index is 11.6. The minimum atomic E-state index is -0.914. The van der Waals surface area contributed by atoms with E-state index in [1.807, 2.05) is 10.9 Å². The summed E-state index contributed by atoms with van der Waals surface area (Å²) < 4.78 is 0. The number of urea groups is 1. The summed E-state index contributed by atoms with van der Waals surface area (Å²) in [5, 5.41) is 47.6. The second-order valence-corrected chi connectivity index (χ2v) is 5.07. The van der Waals surface area contributed by atoms with E-state index in [4.69, 9.17) is 0 Å². The molecule has 0 spiro atoms. The van der Waals surface area contributed by atoms with Crippen LogP contribution in [0.1, 0.15) is 11.1 Å². The molecule has 0 aliphatic rings. The third-order valence-electron chi connectivity index (χ3n) is 3.18. The third-order valence-corrected chi connectivity index (χ3v) is 3.18. The van der Waals surface area contributed by atoms with E-state index in [9.17, 15) is 35.2 Å². The highest BCUT2D eigenvalue weighted by molar-refractivity contribution is 5.87. The van der Waals surface area contributed by atoms with Crippen molar-refractivity contribution in [3.05, 3.63) is 67.8 Å². The molecule has 0 unspecified atom stereocenters. The van der Waals surface area contributed by atoms with Crippen molar-refractivity contribution in [1.29, 1.82) is 0 Å². The number of nitro benzene ring substituents is 2. The predicted molar refractivity (Wildman–Crippen MR) is 96.4 cm³/mol. The average Bonchev–Trinajstić information content (AvgIpc) is 2.64. The van der Waals surface area contributed by atoms with E-state index in [0.717, 1.165) is 48.8 Å². The van der Waals surface area contributed by atoms with Crippen molar-refractivity contribution in [3.63, 3.8) is 0 Å². The lowest BCUT2D eigenvalue weighted by atomic mass is 10.2. The summed E-state index contributed by atoms with van der Waals surface area (Å²) in [6, 6.07) is 5.62. The number of carbonyl (C=O) groups excluding carboxylic acids is 1. The molecule has 0 fully saturated rings. The van der Waals surface area contributed by atoms with E-state index >= 15 is 0 Å². The van der Waals surface area contributed by atoms with Gasteiger partial charge in [-0.25, -0.2) is 15.6 Å². The van der Waals surface area contributed by atoms with Gasteiger partial charge >= 0.3 is 6.03 Å². The Morgan fingerprint density at radius 2 is 1.25 bits per heavy atom. The number of nitrogens with zero attached hydrogens (tertiary/aromatic N) is 4. The Morgan fingerprint density at radius 3 is 1.61 bits per heavy atom. The van der Waals surface area contributed by atoms with Crippen LogP contribution in [0.4, 0.5) is 16.2 Å². The summed E-state index contributed by atoms with van der Waals surface area (Å²) in [4.78, 5) is 31.6. The van der Waals surface area contributed by atoms with Gasteiger partial charge in [-0.2, -0.15) is 10.2 Å². The molecule has 0 aliphatic carbocycles.